The third-order valence-corrected chi connectivity index (χ3v) is 1.12. The Labute approximate surface area is 43.3 Å². The van der Waals surface area contributed by atoms with Crippen LogP contribution in [0.15, 0.2) is 0 Å². The molecule has 0 bridgehead atoms. The molecule has 1 saturated heterocycles. The molecule has 0 amide bonds. The fraction of sp³-hybridized carbons (Fsp3) is 1.00. The van der Waals surface area contributed by atoms with E-state index in [-0.39, 0.29) is 6.17 Å². The van der Waals surface area contributed by atoms with Gasteiger partial charge in [0.1, 0.15) is 0 Å². The lowest BCUT2D eigenvalue weighted by atomic mass is 10.3. The van der Waals surface area contributed by atoms with E-state index in [1.54, 1.807) is 0 Å². The lowest BCUT2D eigenvalue weighted by Crippen LogP contribution is -2.49. The van der Waals surface area contributed by atoms with Crippen LogP contribution >= 0.6 is 0 Å². The molecule has 1 aliphatic rings. The van der Waals surface area contributed by atoms with E-state index in [1.165, 1.54) is 0 Å². The summed E-state index contributed by atoms with van der Waals surface area (Å²) in [7, 11) is 0. The molecule has 1 fully saturated rings. The number of rotatable bonds is 0. The summed E-state index contributed by atoms with van der Waals surface area (Å²) in [6.45, 7) is 1.91. The Morgan fingerprint density at radius 3 is 2.71 bits per heavy atom. The van der Waals surface area contributed by atoms with Gasteiger partial charge in [-0.15, -0.1) is 0 Å². The summed E-state index contributed by atoms with van der Waals surface area (Å²) < 4.78 is 0. The molecule has 42 valence electrons. The topological polar surface area (TPSA) is 50.1 Å². The predicted molar refractivity (Wildman–Crippen MR) is 28.6 cm³/mol. The lowest BCUT2D eigenvalue weighted by Gasteiger charge is -2.19. The van der Waals surface area contributed by atoms with E-state index in [0.717, 1.165) is 19.6 Å². The molecule has 0 radical (unpaired) electrons. The minimum absolute atomic E-state index is 0.223. The first-order valence-corrected chi connectivity index (χ1v) is 2.59. The van der Waals surface area contributed by atoms with Crippen molar-refractivity contribution in [3.05, 3.63) is 0 Å². The van der Waals surface area contributed by atoms with Crippen LogP contribution in [0.4, 0.5) is 0 Å². The molecule has 0 aromatic rings. The fourth-order valence-electron chi connectivity index (χ4n) is 0.651. The predicted octanol–water partition coefficient (Wildman–Crippen LogP) is -1.19. The second-order valence-electron chi connectivity index (χ2n) is 1.78. The maximum absolute atomic E-state index is 5.48. The van der Waals surface area contributed by atoms with Crippen LogP contribution in [0.25, 0.3) is 0 Å². The summed E-state index contributed by atoms with van der Waals surface area (Å²) in [6.07, 6.45) is 1.27. The van der Waals surface area contributed by atoms with Crippen molar-refractivity contribution in [3.63, 3.8) is 0 Å². The summed E-state index contributed by atoms with van der Waals surface area (Å²) in [6, 6.07) is 0. The second kappa shape index (κ2) is 2.26. The number of hydrogen-bond acceptors (Lipinski definition) is 3. The van der Waals surface area contributed by atoms with Gasteiger partial charge >= 0.3 is 0 Å². The zero-order valence-electron chi connectivity index (χ0n) is 4.28. The first-order valence-electron chi connectivity index (χ1n) is 2.59. The molecule has 0 spiro atoms. The second-order valence-corrected chi connectivity index (χ2v) is 1.78. The summed E-state index contributed by atoms with van der Waals surface area (Å²) in [5.74, 6) is 0. The molecular weight excluding hydrogens is 90.1 g/mol. The van der Waals surface area contributed by atoms with Crippen LogP contribution in [-0.4, -0.2) is 19.4 Å². The highest BCUT2D eigenvalue weighted by Crippen LogP contribution is 1.83. The van der Waals surface area contributed by atoms with E-state index >= 15 is 0 Å². The van der Waals surface area contributed by atoms with Crippen molar-refractivity contribution in [2.24, 2.45) is 5.73 Å². The lowest BCUT2D eigenvalue weighted by molar-refractivity contribution is 0.397. The Morgan fingerprint density at radius 1 is 1.57 bits per heavy atom. The van der Waals surface area contributed by atoms with E-state index in [4.69, 9.17) is 5.73 Å². The highest BCUT2D eigenvalue weighted by Gasteiger charge is 2.03. The van der Waals surface area contributed by atoms with E-state index in [0.29, 0.717) is 0 Å². The Hall–Kier alpha value is -0.120. The summed E-state index contributed by atoms with van der Waals surface area (Å²) in [4.78, 5) is 0. The van der Waals surface area contributed by atoms with Crippen molar-refractivity contribution in [1.29, 1.82) is 0 Å². The molecule has 1 atom stereocenters. The van der Waals surface area contributed by atoms with Crippen LogP contribution in [0.2, 0.25) is 0 Å². The van der Waals surface area contributed by atoms with Crippen molar-refractivity contribution in [1.82, 2.24) is 10.6 Å². The minimum atomic E-state index is 0.223. The Kier molecular flexibility index (Phi) is 1.62. The average Bonchev–Trinajstić information content (AvgIpc) is 1.69. The van der Waals surface area contributed by atoms with Crippen LogP contribution in [-0.2, 0) is 0 Å². The summed E-state index contributed by atoms with van der Waals surface area (Å²) >= 11 is 0. The van der Waals surface area contributed by atoms with Gasteiger partial charge in [-0.05, 0) is 13.0 Å². The van der Waals surface area contributed by atoms with Gasteiger partial charge in [-0.2, -0.15) is 0 Å². The Bertz CT molecular complexity index is 48.9. The van der Waals surface area contributed by atoms with E-state index < -0.39 is 0 Å². The van der Waals surface area contributed by atoms with Crippen molar-refractivity contribution < 1.29 is 0 Å². The van der Waals surface area contributed by atoms with Gasteiger partial charge in [0.2, 0.25) is 0 Å². The zero-order valence-corrected chi connectivity index (χ0v) is 4.28. The quantitative estimate of drug-likeness (QED) is 0.359. The molecule has 0 saturated carbocycles. The zero-order chi connectivity index (χ0) is 5.11. The molecule has 1 rings (SSSR count). The molecule has 4 N–H and O–H groups in total. The first-order chi connectivity index (χ1) is 3.39. The van der Waals surface area contributed by atoms with Gasteiger partial charge in [-0.1, -0.05) is 0 Å². The Morgan fingerprint density at radius 2 is 2.43 bits per heavy atom. The van der Waals surface area contributed by atoms with E-state index in [1.807, 2.05) is 0 Å². The number of nitrogens with two attached hydrogens (primary N) is 1. The number of hydrogen-bond donors (Lipinski definition) is 3. The highest BCUT2D eigenvalue weighted by molar-refractivity contribution is 4.64. The molecule has 1 aliphatic heterocycles. The molecule has 0 aliphatic carbocycles. The summed E-state index contributed by atoms with van der Waals surface area (Å²) in [5.41, 5.74) is 5.48. The SMILES string of the molecule is N[C@@H]1CCNCN1. The molecule has 0 aromatic carbocycles. The molecule has 0 unspecified atom stereocenters. The number of nitrogens with one attached hydrogen (secondary N) is 2. The standard InChI is InChI=1S/C4H11N3/c5-4-1-2-6-3-7-4/h4,6-7H,1-3,5H2/t4-/m0/s1. The van der Waals surface area contributed by atoms with Crippen LogP contribution in [0, 0.1) is 0 Å². The average molecular weight is 101 g/mol. The van der Waals surface area contributed by atoms with Gasteiger partial charge in [0.25, 0.3) is 0 Å². The van der Waals surface area contributed by atoms with Crippen molar-refractivity contribution in [2.75, 3.05) is 13.2 Å². The van der Waals surface area contributed by atoms with Gasteiger partial charge in [-0.25, -0.2) is 0 Å². The molecular formula is C4H11N3. The van der Waals surface area contributed by atoms with Crippen molar-refractivity contribution in [3.8, 4) is 0 Å². The smallest absolute Gasteiger partial charge is 0.0568 e. The fourth-order valence-corrected chi connectivity index (χ4v) is 0.651. The molecule has 3 nitrogen and oxygen atoms in total. The van der Waals surface area contributed by atoms with Gasteiger partial charge in [0.15, 0.2) is 0 Å². The third kappa shape index (κ3) is 1.43. The minimum Gasteiger partial charge on any atom is -0.316 e. The third-order valence-electron chi connectivity index (χ3n) is 1.12. The maximum atomic E-state index is 5.48. The molecule has 3 heteroatoms. The van der Waals surface area contributed by atoms with Gasteiger partial charge in [0.05, 0.1) is 6.17 Å². The Balaban J connectivity index is 2.12. The molecule has 0 aromatic heterocycles. The van der Waals surface area contributed by atoms with Crippen molar-refractivity contribution >= 4 is 0 Å². The largest absolute Gasteiger partial charge is 0.316 e. The normalized spacial score (nSPS) is 33.0. The van der Waals surface area contributed by atoms with Crippen LogP contribution in [0.3, 0.4) is 0 Å². The van der Waals surface area contributed by atoms with Crippen molar-refractivity contribution in [2.45, 2.75) is 12.6 Å². The van der Waals surface area contributed by atoms with Gasteiger partial charge in [0, 0.05) is 6.67 Å². The van der Waals surface area contributed by atoms with Crippen LogP contribution in [0.1, 0.15) is 6.42 Å². The van der Waals surface area contributed by atoms with Crippen LogP contribution < -0.4 is 16.4 Å². The first kappa shape index (κ1) is 5.03. The van der Waals surface area contributed by atoms with E-state index in [2.05, 4.69) is 10.6 Å². The van der Waals surface area contributed by atoms with E-state index in [9.17, 15) is 0 Å². The molecule has 1 heterocycles. The maximum Gasteiger partial charge on any atom is 0.0568 e. The highest BCUT2D eigenvalue weighted by atomic mass is 15.2. The summed E-state index contributed by atoms with van der Waals surface area (Å²) in [5, 5.41) is 6.17. The van der Waals surface area contributed by atoms with Crippen LogP contribution in [0.5, 0.6) is 0 Å². The molecule has 7 heavy (non-hydrogen) atoms. The van der Waals surface area contributed by atoms with Gasteiger partial charge in [-0.3, -0.25) is 5.32 Å². The van der Waals surface area contributed by atoms with Gasteiger partial charge < -0.3 is 11.1 Å². The monoisotopic (exact) mass is 101 g/mol.